The summed E-state index contributed by atoms with van der Waals surface area (Å²) in [6.07, 6.45) is 2.99. The molecule has 0 aliphatic heterocycles. The maximum absolute atomic E-state index is 8.97. The monoisotopic (exact) mass is 194 g/mol. The van der Waals surface area contributed by atoms with Gasteiger partial charge in [-0.2, -0.15) is 0 Å². The maximum Gasteiger partial charge on any atom is 0.125 e. The van der Waals surface area contributed by atoms with Crippen molar-refractivity contribution in [1.29, 1.82) is 0 Å². The lowest BCUT2D eigenvalue weighted by Crippen LogP contribution is -2.24. The summed E-state index contributed by atoms with van der Waals surface area (Å²) in [5, 5.41) is 8.97. The Balaban J connectivity index is 2.79. The number of hydrogen-bond acceptors (Lipinski definition) is 2. The number of hydrogen-bond donors (Lipinski definition) is 1. The first-order chi connectivity index (χ1) is 6.73. The Hall–Kier alpha value is -0.860. The minimum Gasteiger partial charge on any atom is -0.251 e. The van der Waals surface area contributed by atoms with Crippen molar-refractivity contribution < 1.29 is 10.1 Å². The number of unbranched alkanes of at least 4 members (excludes halogenated alkanes) is 1. The van der Waals surface area contributed by atoms with Gasteiger partial charge in [0.1, 0.15) is 5.60 Å². The normalized spacial score (nSPS) is 15.1. The molecule has 1 unspecified atom stereocenters. The van der Waals surface area contributed by atoms with E-state index >= 15 is 0 Å². The molecule has 0 amide bonds. The van der Waals surface area contributed by atoms with Crippen molar-refractivity contribution in [3.05, 3.63) is 35.9 Å². The van der Waals surface area contributed by atoms with Crippen molar-refractivity contribution in [1.82, 2.24) is 0 Å². The first-order valence-corrected chi connectivity index (χ1v) is 5.11. The van der Waals surface area contributed by atoms with Crippen LogP contribution < -0.4 is 0 Å². The summed E-state index contributed by atoms with van der Waals surface area (Å²) >= 11 is 0. The Kier molecular flexibility index (Phi) is 4.11. The lowest BCUT2D eigenvalue weighted by atomic mass is 9.91. The number of rotatable bonds is 5. The fraction of sp³-hybridized carbons (Fsp3) is 0.500. The van der Waals surface area contributed by atoms with Gasteiger partial charge in [-0.3, -0.25) is 5.26 Å². The summed E-state index contributed by atoms with van der Waals surface area (Å²) in [6, 6.07) is 9.83. The number of benzene rings is 1. The second-order valence-corrected chi connectivity index (χ2v) is 3.79. The summed E-state index contributed by atoms with van der Waals surface area (Å²) in [4.78, 5) is 4.63. The van der Waals surface area contributed by atoms with Gasteiger partial charge in [0, 0.05) is 0 Å². The maximum atomic E-state index is 8.97. The third kappa shape index (κ3) is 2.56. The van der Waals surface area contributed by atoms with Crippen molar-refractivity contribution in [3.8, 4) is 0 Å². The van der Waals surface area contributed by atoms with Crippen LogP contribution in [0.3, 0.4) is 0 Å². The predicted octanol–water partition coefficient (Wildman–Crippen LogP) is 3.58. The zero-order valence-corrected chi connectivity index (χ0v) is 8.86. The molecule has 0 saturated heterocycles. The van der Waals surface area contributed by atoms with Gasteiger partial charge in [-0.15, -0.1) is 0 Å². The van der Waals surface area contributed by atoms with Crippen LogP contribution in [0.1, 0.15) is 38.7 Å². The van der Waals surface area contributed by atoms with E-state index in [0.29, 0.717) is 0 Å². The minimum atomic E-state index is -0.558. The molecule has 1 N–H and O–H groups in total. The van der Waals surface area contributed by atoms with E-state index in [1.54, 1.807) is 0 Å². The Bertz CT molecular complexity index is 258. The van der Waals surface area contributed by atoms with Crippen molar-refractivity contribution >= 4 is 0 Å². The second-order valence-electron chi connectivity index (χ2n) is 3.79. The summed E-state index contributed by atoms with van der Waals surface area (Å²) in [5.74, 6) is 0. The molecule has 0 heterocycles. The van der Waals surface area contributed by atoms with Crippen LogP contribution in [0, 0.1) is 0 Å². The fourth-order valence-electron chi connectivity index (χ4n) is 1.55. The third-order valence-electron chi connectivity index (χ3n) is 2.59. The Morgan fingerprint density at radius 1 is 1.29 bits per heavy atom. The largest absolute Gasteiger partial charge is 0.251 e. The van der Waals surface area contributed by atoms with E-state index in [0.717, 1.165) is 24.8 Å². The highest BCUT2D eigenvalue weighted by molar-refractivity contribution is 5.21. The Morgan fingerprint density at radius 2 is 1.93 bits per heavy atom. The highest BCUT2D eigenvalue weighted by atomic mass is 17.1. The van der Waals surface area contributed by atoms with Crippen LogP contribution in [0.25, 0.3) is 0 Å². The Morgan fingerprint density at radius 3 is 2.43 bits per heavy atom. The van der Waals surface area contributed by atoms with Crippen LogP contribution >= 0.6 is 0 Å². The molecule has 2 heteroatoms. The fourth-order valence-corrected chi connectivity index (χ4v) is 1.55. The van der Waals surface area contributed by atoms with Gasteiger partial charge in [0.05, 0.1) is 0 Å². The third-order valence-corrected chi connectivity index (χ3v) is 2.59. The molecule has 14 heavy (non-hydrogen) atoms. The molecule has 0 aromatic heterocycles. The highest BCUT2D eigenvalue weighted by Crippen LogP contribution is 2.29. The van der Waals surface area contributed by atoms with Crippen molar-refractivity contribution in [3.63, 3.8) is 0 Å². The average molecular weight is 194 g/mol. The van der Waals surface area contributed by atoms with Crippen LogP contribution in [0.15, 0.2) is 30.3 Å². The van der Waals surface area contributed by atoms with Gasteiger partial charge in [-0.25, -0.2) is 4.89 Å². The van der Waals surface area contributed by atoms with E-state index in [1.165, 1.54) is 0 Å². The van der Waals surface area contributed by atoms with E-state index in [4.69, 9.17) is 5.26 Å². The molecule has 1 aromatic carbocycles. The lowest BCUT2D eigenvalue weighted by Gasteiger charge is -2.26. The van der Waals surface area contributed by atoms with Crippen LogP contribution in [0.2, 0.25) is 0 Å². The van der Waals surface area contributed by atoms with Crippen molar-refractivity contribution in [2.24, 2.45) is 0 Å². The Labute approximate surface area is 85.5 Å². The predicted molar refractivity (Wildman–Crippen MR) is 57.0 cm³/mol. The highest BCUT2D eigenvalue weighted by Gasteiger charge is 2.26. The molecule has 0 spiro atoms. The van der Waals surface area contributed by atoms with Crippen molar-refractivity contribution in [2.75, 3.05) is 0 Å². The zero-order chi connectivity index (χ0) is 10.4. The molecule has 1 rings (SSSR count). The molecule has 1 aromatic rings. The molecule has 1 atom stereocenters. The summed E-state index contributed by atoms with van der Waals surface area (Å²) in [5.41, 5.74) is 0.466. The topological polar surface area (TPSA) is 29.5 Å². The standard InChI is InChI=1S/C12H18O2/c1-3-4-10-12(2,14-13)11-8-6-5-7-9-11/h5-9,13H,3-4,10H2,1-2H3. The molecule has 0 radical (unpaired) electrons. The summed E-state index contributed by atoms with van der Waals surface area (Å²) < 4.78 is 0. The summed E-state index contributed by atoms with van der Waals surface area (Å²) in [7, 11) is 0. The minimum absolute atomic E-state index is 0.558. The molecule has 78 valence electrons. The van der Waals surface area contributed by atoms with Crippen molar-refractivity contribution in [2.45, 2.75) is 38.7 Å². The molecular formula is C12H18O2. The SMILES string of the molecule is CCCCC(C)(OO)c1ccccc1. The van der Waals surface area contributed by atoms with E-state index in [-0.39, 0.29) is 0 Å². The quantitative estimate of drug-likeness (QED) is 0.573. The van der Waals surface area contributed by atoms with E-state index in [1.807, 2.05) is 37.3 Å². The lowest BCUT2D eigenvalue weighted by molar-refractivity contribution is -0.326. The molecule has 0 saturated carbocycles. The first-order valence-electron chi connectivity index (χ1n) is 5.11. The summed E-state index contributed by atoms with van der Waals surface area (Å²) in [6.45, 7) is 4.04. The molecule has 0 bridgehead atoms. The second kappa shape index (κ2) is 5.13. The van der Waals surface area contributed by atoms with Gasteiger partial charge >= 0.3 is 0 Å². The van der Waals surface area contributed by atoms with Crippen LogP contribution in [-0.2, 0) is 10.5 Å². The van der Waals surface area contributed by atoms with E-state index < -0.39 is 5.60 Å². The van der Waals surface area contributed by atoms with E-state index in [2.05, 4.69) is 11.8 Å². The molecule has 0 fully saturated rings. The molecule has 0 aliphatic rings. The van der Waals surface area contributed by atoms with Gasteiger partial charge in [-0.05, 0) is 18.9 Å². The smallest absolute Gasteiger partial charge is 0.125 e. The molecule has 0 aliphatic carbocycles. The molecule has 2 nitrogen and oxygen atoms in total. The zero-order valence-electron chi connectivity index (χ0n) is 8.86. The average Bonchev–Trinajstić information content (AvgIpc) is 2.27. The van der Waals surface area contributed by atoms with Crippen LogP contribution in [0.4, 0.5) is 0 Å². The van der Waals surface area contributed by atoms with E-state index in [9.17, 15) is 0 Å². The van der Waals surface area contributed by atoms with Crippen LogP contribution in [0.5, 0.6) is 0 Å². The van der Waals surface area contributed by atoms with Gasteiger partial charge in [-0.1, -0.05) is 50.1 Å². The van der Waals surface area contributed by atoms with Gasteiger partial charge in [0.2, 0.25) is 0 Å². The molecular weight excluding hydrogens is 176 g/mol. The van der Waals surface area contributed by atoms with Crippen LogP contribution in [-0.4, -0.2) is 5.26 Å². The first kappa shape index (κ1) is 11.2. The van der Waals surface area contributed by atoms with Gasteiger partial charge in [0.25, 0.3) is 0 Å². The van der Waals surface area contributed by atoms with Gasteiger partial charge < -0.3 is 0 Å². The van der Waals surface area contributed by atoms with Gasteiger partial charge in [0.15, 0.2) is 0 Å².